The minimum absolute atomic E-state index is 0.0655. The van der Waals surface area contributed by atoms with Crippen LogP contribution >= 0.6 is 34.5 Å². The van der Waals surface area contributed by atoms with Crippen molar-refractivity contribution >= 4 is 55.4 Å². The fourth-order valence-electron chi connectivity index (χ4n) is 1.40. The zero-order valence-corrected chi connectivity index (χ0v) is 13.7. The molecule has 112 valence electrons. The first-order chi connectivity index (χ1) is 9.81. The molecule has 1 heterocycles. The molecule has 0 aliphatic carbocycles. The molecule has 6 nitrogen and oxygen atoms in total. The van der Waals surface area contributed by atoms with E-state index in [2.05, 4.69) is 14.9 Å². The topological polar surface area (TPSA) is 91.7 Å². The van der Waals surface area contributed by atoms with Crippen LogP contribution in [0.2, 0.25) is 10.0 Å². The normalized spacial score (nSPS) is 12.4. The Bertz CT molecular complexity index is 783. The van der Waals surface area contributed by atoms with Crippen molar-refractivity contribution in [1.82, 2.24) is 4.98 Å². The lowest BCUT2D eigenvalue weighted by atomic mass is 10.3. The molecule has 0 atom stereocenters. The van der Waals surface area contributed by atoms with E-state index in [0.717, 1.165) is 11.3 Å². The Morgan fingerprint density at radius 2 is 1.95 bits per heavy atom. The van der Waals surface area contributed by atoms with Crippen LogP contribution in [0, 0.1) is 0 Å². The summed E-state index contributed by atoms with van der Waals surface area (Å²) in [6, 6.07) is 4.00. The summed E-state index contributed by atoms with van der Waals surface area (Å²) in [5.41, 5.74) is 0.659. The van der Waals surface area contributed by atoms with Crippen LogP contribution in [0.25, 0.3) is 0 Å². The quantitative estimate of drug-likeness (QED) is 0.493. The number of anilines is 1. The van der Waals surface area contributed by atoms with Crippen LogP contribution in [-0.4, -0.2) is 24.3 Å². The lowest BCUT2D eigenvalue weighted by Gasteiger charge is -2.06. The van der Waals surface area contributed by atoms with Gasteiger partial charge >= 0.3 is 0 Å². The van der Waals surface area contributed by atoms with Gasteiger partial charge in [0.15, 0.2) is 5.13 Å². The number of aromatic nitrogens is 1. The Morgan fingerprint density at radius 1 is 1.33 bits per heavy atom. The smallest absolute Gasteiger partial charge is 0.263 e. The highest BCUT2D eigenvalue weighted by Crippen LogP contribution is 2.25. The Labute approximate surface area is 135 Å². The summed E-state index contributed by atoms with van der Waals surface area (Å²) in [4.78, 5) is 3.94. The predicted molar refractivity (Wildman–Crippen MR) is 83.4 cm³/mol. The average Bonchev–Trinajstić information content (AvgIpc) is 2.84. The van der Waals surface area contributed by atoms with Gasteiger partial charge in [-0.3, -0.25) is 4.72 Å². The van der Waals surface area contributed by atoms with Gasteiger partial charge < -0.3 is 5.21 Å². The maximum absolute atomic E-state index is 12.2. The summed E-state index contributed by atoms with van der Waals surface area (Å²) in [5.74, 6) is 0. The molecule has 0 aliphatic rings. The lowest BCUT2D eigenvalue weighted by molar-refractivity contribution is 0.319. The van der Waals surface area contributed by atoms with Gasteiger partial charge in [-0.1, -0.05) is 28.4 Å². The fraction of sp³-hybridized carbons (Fsp3) is 0.0909. The summed E-state index contributed by atoms with van der Waals surface area (Å²) < 4.78 is 26.7. The van der Waals surface area contributed by atoms with Crippen molar-refractivity contribution in [2.45, 2.75) is 11.8 Å². The number of thiazole rings is 1. The number of oxime groups is 1. The second-order valence-electron chi connectivity index (χ2n) is 3.93. The number of nitrogens with zero attached hydrogens (tertiary/aromatic N) is 2. The summed E-state index contributed by atoms with van der Waals surface area (Å²) in [6.45, 7) is 1.55. The van der Waals surface area contributed by atoms with Gasteiger partial charge in [0, 0.05) is 15.4 Å². The van der Waals surface area contributed by atoms with E-state index in [1.165, 1.54) is 18.2 Å². The maximum Gasteiger partial charge on any atom is 0.263 e. The first-order valence-corrected chi connectivity index (χ1v) is 8.57. The van der Waals surface area contributed by atoms with Crippen molar-refractivity contribution in [2.24, 2.45) is 5.16 Å². The van der Waals surface area contributed by atoms with Crippen molar-refractivity contribution < 1.29 is 13.6 Å². The molecule has 2 rings (SSSR count). The van der Waals surface area contributed by atoms with Crippen LogP contribution in [0.4, 0.5) is 5.13 Å². The third kappa shape index (κ3) is 3.85. The van der Waals surface area contributed by atoms with Crippen LogP contribution in [0.5, 0.6) is 0 Å². The number of halogens is 2. The number of sulfonamides is 1. The van der Waals surface area contributed by atoms with E-state index in [1.54, 1.807) is 12.3 Å². The largest absolute Gasteiger partial charge is 0.411 e. The molecule has 1 aromatic heterocycles. The van der Waals surface area contributed by atoms with Gasteiger partial charge in [-0.15, -0.1) is 11.3 Å². The Balaban J connectivity index is 2.31. The molecule has 2 aromatic rings. The Kier molecular flexibility index (Phi) is 4.72. The van der Waals surface area contributed by atoms with Gasteiger partial charge in [-0.25, -0.2) is 13.4 Å². The minimum atomic E-state index is -3.85. The summed E-state index contributed by atoms with van der Waals surface area (Å²) >= 11 is 12.6. The molecule has 0 fully saturated rings. The molecule has 0 amide bonds. The maximum atomic E-state index is 12.2. The highest BCUT2D eigenvalue weighted by atomic mass is 35.5. The second kappa shape index (κ2) is 6.18. The van der Waals surface area contributed by atoms with Gasteiger partial charge in [0.1, 0.15) is 11.4 Å². The molecule has 21 heavy (non-hydrogen) atoms. The van der Waals surface area contributed by atoms with Crippen molar-refractivity contribution in [2.75, 3.05) is 4.72 Å². The van der Waals surface area contributed by atoms with E-state index in [0.29, 0.717) is 5.69 Å². The average molecular weight is 366 g/mol. The van der Waals surface area contributed by atoms with Crippen LogP contribution in [0.3, 0.4) is 0 Å². The zero-order chi connectivity index (χ0) is 15.6. The third-order valence-electron chi connectivity index (χ3n) is 2.39. The molecule has 0 saturated heterocycles. The molecular formula is C11H9Cl2N3O3S2. The number of nitrogens with one attached hydrogen (secondary N) is 1. The fourth-order valence-corrected chi connectivity index (χ4v) is 4.13. The summed E-state index contributed by atoms with van der Waals surface area (Å²) in [6.07, 6.45) is 0. The molecule has 0 aliphatic heterocycles. The van der Waals surface area contributed by atoms with Gasteiger partial charge in [0.05, 0.1) is 4.90 Å². The lowest BCUT2D eigenvalue weighted by Crippen LogP contribution is -2.13. The monoisotopic (exact) mass is 365 g/mol. The van der Waals surface area contributed by atoms with E-state index in [9.17, 15) is 8.42 Å². The zero-order valence-electron chi connectivity index (χ0n) is 10.5. The minimum Gasteiger partial charge on any atom is -0.411 e. The van der Waals surface area contributed by atoms with Crippen LogP contribution in [0.15, 0.2) is 33.6 Å². The Morgan fingerprint density at radius 3 is 2.52 bits per heavy atom. The molecule has 0 bridgehead atoms. The van der Waals surface area contributed by atoms with Crippen LogP contribution in [-0.2, 0) is 10.0 Å². The number of benzene rings is 1. The first kappa shape index (κ1) is 16.0. The van der Waals surface area contributed by atoms with Gasteiger partial charge in [-0.2, -0.15) is 0 Å². The molecule has 1 aromatic carbocycles. The van der Waals surface area contributed by atoms with Gasteiger partial charge in [-0.05, 0) is 25.1 Å². The Hall–Kier alpha value is -1.35. The van der Waals surface area contributed by atoms with E-state index < -0.39 is 10.0 Å². The number of rotatable bonds is 4. The van der Waals surface area contributed by atoms with Crippen molar-refractivity contribution in [3.8, 4) is 0 Å². The molecule has 0 unspecified atom stereocenters. The van der Waals surface area contributed by atoms with Crippen molar-refractivity contribution in [1.29, 1.82) is 0 Å². The molecule has 2 N–H and O–H groups in total. The molecule has 10 heteroatoms. The summed E-state index contributed by atoms with van der Waals surface area (Å²) in [5, 5.41) is 13.8. The van der Waals surface area contributed by atoms with E-state index in [1.807, 2.05) is 0 Å². The van der Waals surface area contributed by atoms with E-state index in [4.69, 9.17) is 28.4 Å². The molecule has 0 radical (unpaired) electrons. The van der Waals surface area contributed by atoms with Crippen LogP contribution < -0.4 is 4.72 Å². The van der Waals surface area contributed by atoms with E-state index in [-0.39, 0.29) is 25.8 Å². The molecular weight excluding hydrogens is 357 g/mol. The van der Waals surface area contributed by atoms with Crippen molar-refractivity contribution in [3.63, 3.8) is 0 Å². The first-order valence-electron chi connectivity index (χ1n) is 5.45. The number of hydrogen-bond acceptors (Lipinski definition) is 6. The number of hydrogen-bond donors (Lipinski definition) is 2. The second-order valence-corrected chi connectivity index (χ2v) is 7.35. The highest BCUT2D eigenvalue weighted by Gasteiger charge is 2.18. The third-order valence-corrected chi connectivity index (χ3v) is 5.03. The van der Waals surface area contributed by atoms with Crippen LogP contribution in [0.1, 0.15) is 12.6 Å². The van der Waals surface area contributed by atoms with Gasteiger partial charge in [0.25, 0.3) is 10.0 Å². The van der Waals surface area contributed by atoms with Crippen molar-refractivity contribution in [3.05, 3.63) is 39.3 Å². The SMILES string of the molecule is CC(=NO)c1csc(NS(=O)(=O)c2cc(Cl)cc(Cl)c2)n1. The van der Waals surface area contributed by atoms with E-state index >= 15 is 0 Å². The van der Waals surface area contributed by atoms with Gasteiger partial charge in [0.2, 0.25) is 0 Å². The predicted octanol–water partition coefficient (Wildman–Crippen LogP) is 3.45. The summed E-state index contributed by atoms with van der Waals surface area (Å²) in [7, 11) is -3.85. The molecule has 0 saturated carbocycles. The molecule has 0 spiro atoms. The highest BCUT2D eigenvalue weighted by molar-refractivity contribution is 7.93. The standard InChI is InChI=1S/C11H9Cl2N3O3S2/c1-6(15-17)10-5-20-11(14-10)16-21(18,19)9-3-7(12)2-8(13)4-9/h2-5,17H,1H3,(H,14,16).